The molecule has 1 atom stereocenters. The normalized spacial score (nSPS) is 11.0. The molecule has 0 heterocycles. The van der Waals surface area contributed by atoms with Gasteiger partial charge in [0.1, 0.15) is 12.6 Å². The summed E-state index contributed by atoms with van der Waals surface area (Å²) in [5, 5.41) is 2.44. The molecule has 0 spiro atoms. The first-order valence-electron chi connectivity index (χ1n) is 6.80. The second-order valence-corrected chi connectivity index (χ2v) is 4.19. The van der Waals surface area contributed by atoms with Crippen molar-refractivity contribution >= 4 is 12.1 Å². The van der Waals surface area contributed by atoms with Crippen molar-refractivity contribution in [3.05, 3.63) is 12.7 Å². The number of ether oxygens (including phenoxy) is 2. The van der Waals surface area contributed by atoms with E-state index in [0.29, 0.717) is 13.0 Å². The van der Waals surface area contributed by atoms with Crippen molar-refractivity contribution in [1.82, 2.24) is 5.32 Å². The highest BCUT2D eigenvalue weighted by Crippen LogP contribution is 2.01. The molecule has 0 aliphatic heterocycles. The number of carbonyl (C=O) groups excluding carboxylic acids is 2. The molecular formula is C15H23NO4. The number of hydrogen-bond acceptors (Lipinski definition) is 4. The zero-order chi connectivity index (χ0) is 15.2. The number of amides is 1. The lowest BCUT2D eigenvalue weighted by Gasteiger charge is -2.16. The van der Waals surface area contributed by atoms with Gasteiger partial charge in [-0.25, -0.2) is 9.59 Å². The summed E-state index contributed by atoms with van der Waals surface area (Å²) in [4.78, 5) is 23.2. The first kappa shape index (κ1) is 18.0. The molecule has 0 aromatic heterocycles. The minimum Gasteiger partial charge on any atom is -0.464 e. The van der Waals surface area contributed by atoms with Crippen molar-refractivity contribution in [2.24, 2.45) is 0 Å². The van der Waals surface area contributed by atoms with Gasteiger partial charge in [-0.3, -0.25) is 0 Å². The standard InChI is InChI=1S/C15H23NO4/c1-4-7-9-12-19-14(17)13(10-6-3)16-15(18)20-11-8-5-2/h2,6,13H,3-4,7-12H2,1H3,(H,16,18). The van der Waals surface area contributed by atoms with Gasteiger partial charge < -0.3 is 14.8 Å². The maximum absolute atomic E-state index is 11.8. The van der Waals surface area contributed by atoms with E-state index in [4.69, 9.17) is 15.9 Å². The number of alkyl carbamates (subject to hydrolysis) is 1. The molecule has 0 bridgehead atoms. The molecular weight excluding hydrogens is 258 g/mol. The lowest BCUT2D eigenvalue weighted by atomic mass is 10.2. The van der Waals surface area contributed by atoms with Crippen molar-refractivity contribution in [3.63, 3.8) is 0 Å². The summed E-state index contributed by atoms with van der Waals surface area (Å²) in [7, 11) is 0. The Balaban J connectivity index is 4.12. The van der Waals surface area contributed by atoms with Gasteiger partial charge in [0.05, 0.1) is 6.61 Å². The number of unbranched alkanes of at least 4 members (excludes halogenated alkanes) is 2. The molecule has 112 valence electrons. The Labute approximate surface area is 120 Å². The monoisotopic (exact) mass is 281 g/mol. The second kappa shape index (κ2) is 12.1. The highest BCUT2D eigenvalue weighted by atomic mass is 16.6. The van der Waals surface area contributed by atoms with Crippen LogP contribution < -0.4 is 5.32 Å². The topological polar surface area (TPSA) is 64.6 Å². The Bertz CT molecular complexity index is 346. The van der Waals surface area contributed by atoms with E-state index in [9.17, 15) is 9.59 Å². The fourth-order valence-corrected chi connectivity index (χ4v) is 1.39. The first-order valence-corrected chi connectivity index (χ1v) is 6.80. The van der Waals surface area contributed by atoms with E-state index in [0.717, 1.165) is 19.3 Å². The summed E-state index contributed by atoms with van der Waals surface area (Å²) in [6.45, 7) is 6.09. The zero-order valence-corrected chi connectivity index (χ0v) is 12.0. The zero-order valence-electron chi connectivity index (χ0n) is 12.0. The molecule has 0 aliphatic rings. The van der Waals surface area contributed by atoms with Gasteiger partial charge in [0.25, 0.3) is 0 Å². The van der Waals surface area contributed by atoms with Gasteiger partial charge >= 0.3 is 12.1 Å². The van der Waals surface area contributed by atoms with Gasteiger partial charge in [-0.05, 0) is 12.8 Å². The van der Waals surface area contributed by atoms with Crippen LogP contribution in [0.4, 0.5) is 4.79 Å². The molecule has 0 aliphatic carbocycles. The Hall–Kier alpha value is -1.96. The van der Waals surface area contributed by atoms with Gasteiger partial charge in [-0.15, -0.1) is 18.9 Å². The van der Waals surface area contributed by atoms with Crippen LogP contribution in [0.5, 0.6) is 0 Å². The van der Waals surface area contributed by atoms with Crippen LogP contribution in [0, 0.1) is 12.3 Å². The number of nitrogens with one attached hydrogen (secondary N) is 1. The molecule has 0 radical (unpaired) electrons. The summed E-state index contributed by atoms with van der Waals surface area (Å²) >= 11 is 0. The third-order valence-corrected chi connectivity index (χ3v) is 2.45. The van der Waals surface area contributed by atoms with Crippen molar-refractivity contribution in [3.8, 4) is 12.3 Å². The molecule has 0 aromatic carbocycles. The number of carbonyl (C=O) groups is 2. The average Bonchev–Trinajstić information content (AvgIpc) is 2.43. The molecule has 0 fully saturated rings. The lowest BCUT2D eigenvalue weighted by molar-refractivity contribution is -0.146. The Morgan fingerprint density at radius 3 is 2.70 bits per heavy atom. The van der Waals surface area contributed by atoms with Crippen LogP contribution in [0.15, 0.2) is 12.7 Å². The van der Waals surface area contributed by atoms with Gasteiger partial charge in [0.15, 0.2) is 0 Å². The van der Waals surface area contributed by atoms with Crippen LogP contribution >= 0.6 is 0 Å². The smallest absolute Gasteiger partial charge is 0.407 e. The Morgan fingerprint density at radius 2 is 2.10 bits per heavy atom. The lowest BCUT2D eigenvalue weighted by Crippen LogP contribution is -2.42. The van der Waals surface area contributed by atoms with Crippen LogP contribution in [-0.2, 0) is 14.3 Å². The van der Waals surface area contributed by atoms with Crippen LogP contribution in [0.1, 0.15) is 39.0 Å². The number of rotatable bonds is 10. The molecule has 20 heavy (non-hydrogen) atoms. The van der Waals surface area contributed by atoms with E-state index in [1.807, 2.05) is 0 Å². The van der Waals surface area contributed by atoms with Crippen molar-refractivity contribution in [2.75, 3.05) is 13.2 Å². The van der Waals surface area contributed by atoms with Crippen LogP contribution in [-0.4, -0.2) is 31.3 Å². The summed E-state index contributed by atoms with van der Waals surface area (Å²) < 4.78 is 9.91. The third-order valence-electron chi connectivity index (χ3n) is 2.45. The highest BCUT2D eigenvalue weighted by Gasteiger charge is 2.21. The van der Waals surface area contributed by atoms with Gasteiger partial charge in [0, 0.05) is 6.42 Å². The molecule has 1 amide bonds. The van der Waals surface area contributed by atoms with Crippen molar-refractivity contribution < 1.29 is 19.1 Å². The fraction of sp³-hybridized carbons (Fsp3) is 0.600. The summed E-state index contributed by atoms with van der Waals surface area (Å²) in [5.74, 6) is 1.87. The molecule has 0 aromatic rings. The van der Waals surface area contributed by atoms with E-state index in [-0.39, 0.29) is 13.0 Å². The average molecular weight is 281 g/mol. The summed E-state index contributed by atoms with van der Waals surface area (Å²) in [6.07, 6.45) is 9.39. The van der Waals surface area contributed by atoms with Gasteiger partial charge in [-0.2, -0.15) is 0 Å². The fourth-order valence-electron chi connectivity index (χ4n) is 1.39. The van der Waals surface area contributed by atoms with Gasteiger partial charge in [0.2, 0.25) is 0 Å². The summed E-state index contributed by atoms with van der Waals surface area (Å²) in [5.41, 5.74) is 0. The Kier molecular flexibility index (Phi) is 10.9. The molecule has 0 saturated heterocycles. The number of esters is 1. The van der Waals surface area contributed by atoms with E-state index in [1.165, 1.54) is 0 Å². The quantitative estimate of drug-likeness (QED) is 0.289. The minimum absolute atomic E-state index is 0.120. The molecule has 0 saturated carbocycles. The van der Waals surface area contributed by atoms with Gasteiger partial charge in [-0.1, -0.05) is 25.8 Å². The largest absolute Gasteiger partial charge is 0.464 e. The maximum atomic E-state index is 11.8. The van der Waals surface area contributed by atoms with E-state index in [1.54, 1.807) is 6.08 Å². The first-order chi connectivity index (χ1) is 9.65. The SMILES string of the molecule is C#CCCOC(=O)NC(CC=C)C(=O)OCCCCC. The molecule has 0 rings (SSSR count). The Morgan fingerprint density at radius 1 is 1.35 bits per heavy atom. The van der Waals surface area contributed by atoms with Crippen molar-refractivity contribution in [2.45, 2.75) is 45.1 Å². The van der Waals surface area contributed by atoms with Crippen LogP contribution in [0.25, 0.3) is 0 Å². The maximum Gasteiger partial charge on any atom is 0.407 e. The van der Waals surface area contributed by atoms with Crippen molar-refractivity contribution in [1.29, 1.82) is 0 Å². The molecule has 5 heteroatoms. The molecule has 1 N–H and O–H groups in total. The molecule has 1 unspecified atom stereocenters. The molecule has 5 nitrogen and oxygen atoms in total. The highest BCUT2D eigenvalue weighted by molar-refractivity contribution is 5.81. The second-order valence-electron chi connectivity index (χ2n) is 4.19. The number of hydrogen-bond donors (Lipinski definition) is 1. The van der Waals surface area contributed by atoms with E-state index < -0.39 is 18.1 Å². The predicted octanol–water partition coefficient (Wildman–Crippen LogP) is 2.41. The third kappa shape index (κ3) is 9.03. The van der Waals surface area contributed by atoms with Crippen LogP contribution in [0.3, 0.4) is 0 Å². The van der Waals surface area contributed by atoms with E-state index in [2.05, 4.69) is 24.7 Å². The summed E-state index contributed by atoms with van der Waals surface area (Å²) in [6, 6.07) is -0.771. The van der Waals surface area contributed by atoms with E-state index >= 15 is 0 Å². The van der Waals surface area contributed by atoms with Crippen LogP contribution in [0.2, 0.25) is 0 Å². The predicted molar refractivity (Wildman–Crippen MR) is 77.0 cm³/mol. The minimum atomic E-state index is -0.771. The number of terminal acetylenes is 1.